The highest BCUT2D eigenvalue weighted by Crippen LogP contribution is 2.40. The van der Waals surface area contributed by atoms with Crippen molar-refractivity contribution in [1.82, 2.24) is 5.32 Å². The predicted molar refractivity (Wildman–Crippen MR) is 82.3 cm³/mol. The Labute approximate surface area is 116 Å². The summed E-state index contributed by atoms with van der Waals surface area (Å²) in [6.07, 6.45) is 1.23. The summed E-state index contributed by atoms with van der Waals surface area (Å²) in [5, 5.41) is 4.23. The van der Waals surface area contributed by atoms with E-state index in [4.69, 9.17) is 0 Å². The summed E-state index contributed by atoms with van der Waals surface area (Å²) in [5.41, 5.74) is 4.72. The van der Waals surface area contributed by atoms with Crippen LogP contribution in [0.2, 0.25) is 0 Å². The molecule has 0 saturated carbocycles. The molecular weight excluding hydrogens is 238 g/mol. The van der Waals surface area contributed by atoms with Gasteiger partial charge in [0.2, 0.25) is 0 Å². The van der Waals surface area contributed by atoms with Crippen molar-refractivity contribution in [2.45, 2.75) is 56.6 Å². The lowest BCUT2D eigenvalue weighted by molar-refractivity contribution is 0.540. The van der Waals surface area contributed by atoms with Gasteiger partial charge < -0.3 is 5.32 Å². The van der Waals surface area contributed by atoms with Gasteiger partial charge in [0.25, 0.3) is 0 Å². The molecule has 1 heterocycles. The van der Waals surface area contributed by atoms with Gasteiger partial charge in [0.05, 0.1) is 0 Å². The summed E-state index contributed by atoms with van der Waals surface area (Å²) in [6.45, 7) is 9.16. The van der Waals surface area contributed by atoms with Crippen molar-refractivity contribution < 1.29 is 0 Å². The fourth-order valence-electron chi connectivity index (χ4n) is 2.67. The Kier molecular flexibility index (Phi) is 4.08. The van der Waals surface area contributed by atoms with E-state index < -0.39 is 0 Å². The first-order valence-electron chi connectivity index (χ1n) is 6.89. The summed E-state index contributed by atoms with van der Waals surface area (Å²) < 4.78 is 0. The molecule has 0 saturated heterocycles. The van der Waals surface area contributed by atoms with Crippen molar-refractivity contribution in [2.75, 3.05) is 7.05 Å². The van der Waals surface area contributed by atoms with E-state index in [1.807, 2.05) is 0 Å². The average molecular weight is 263 g/mol. The maximum absolute atomic E-state index is 3.52. The molecule has 2 rings (SSSR count). The van der Waals surface area contributed by atoms with Crippen LogP contribution in [0.1, 0.15) is 56.8 Å². The Morgan fingerprint density at radius 2 is 2.06 bits per heavy atom. The highest BCUT2D eigenvalue weighted by atomic mass is 32.2. The zero-order valence-corrected chi connectivity index (χ0v) is 13.0. The second-order valence-electron chi connectivity index (χ2n) is 6.19. The lowest BCUT2D eigenvalue weighted by Crippen LogP contribution is -2.31. The smallest absolute Gasteiger partial charge is 0.0441 e. The van der Waals surface area contributed by atoms with Crippen molar-refractivity contribution in [3.8, 4) is 0 Å². The molecular formula is C16H25NS. The van der Waals surface area contributed by atoms with E-state index in [1.54, 1.807) is 0 Å². The molecule has 1 N–H and O–H groups in total. The van der Waals surface area contributed by atoms with Gasteiger partial charge >= 0.3 is 0 Å². The Bertz CT molecular complexity index is 420. The molecule has 100 valence electrons. The summed E-state index contributed by atoms with van der Waals surface area (Å²) in [7, 11) is 2.09. The number of hydrogen-bond donors (Lipinski definition) is 1. The first-order chi connectivity index (χ1) is 8.47. The number of nitrogens with one attached hydrogen (secondary N) is 1. The molecule has 2 unspecified atom stereocenters. The van der Waals surface area contributed by atoms with Crippen molar-refractivity contribution in [3.05, 3.63) is 34.9 Å². The third kappa shape index (κ3) is 2.60. The summed E-state index contributed by atoms with van der Waals surface area (Å²) in [4.78, 5) is 0. The van der Waals surface area contributed by atoms with Crippen molar-refractivity contribution in [3.63, 3.8) is 0 Å². The number of benzene rings is 1. The minimum atomic E-state index is 0.236. The van der Waals surface area contributed by atoms with Crippen LogP contribution in [0.3, 0.4) is 0 Å². The van der Waals surface area contributed by atoms with E-state index in [2.05, 4.69) is 70.0 Å². The third-order valence-electron chi connectivity index (χ3n) is 3.89. The van der Waals surface area contributed by atoms with Crippen LogP contribution in [0.15, 0.2) is 18.2 Å². The normalized spacial score (nSPS) is 23.8. The SMILES string of the molecule is CCC1SCc2ccc(C(C)(C)C)cc2C1NC. The number of hydrogen-bond acceptors (Lipinski definition) is 2. The molecule has 0 aliphatic carbocycles. The lowest BCUT2D eigenvalue weighted by atomic mass is 9.83. The minimum Gasteiger partial charge on any atom is -0.312 e. The van der Waals surface area contributed by atoms with Crippen LogP contribution in [0.4, 0.5) is 0 Å². The van der Waals surface area contributed by atoms with Crippen LogP contribution < -0.4 is 5.32 Å². The van der Waals surface area contributed by atoms with E-state index >= 15 is 0 Å². The number of fused-ring (bicyclic) bond motifs is 1. The van der Waals surface area contributed by atoms with E-state index in [0.717, 1.165) is 5.75 Å². The van der Waals surface area contributed by atoms with Crippen LogP contribution in [0.5, 0.6) is 0 Å². The largest absolute Gasteiger partial charge is 0.312 e. The Balaban J connectivity index is 2.43. The summed E-state index contributed by atoms with van der Waals surface area (Å²) >= 11 is 2.09. The number of thioether (sulfide) groups is 1. The molecule has 18 heavy (non-hydrogen) atoms. The highest BCUT2D eigenvalue weighted by molar-refractivity contribution is 7.99. The molecule has 0 bridgehead atoms. The Morgan fingerprint density at radius 3 is 2.61 bits per heavy atom. The van der Waals surface area contributed by atoms with Crippen molar-refractivity contribution in [1.29, 1.82) is 0 Å². The fourth-order valence-corrected chi connectivity index (χ4v) is 4.04. The van der Waals surface area contributed by atoms with E-state index in [0.29, 0.717) is 11.3 Å². The predicted octanol–water partition coefficient (Wildman–Crippen LogP) is 4.27. The molecule has 1 aromatic rings. The van der Waals surface area contributed by atoms with Crippen molar-refractivity contribution >= 4 is 11.8 Å². The van der Waals surface area contributed by atoms with Gasteiger partial charge in [-0.3, -0.25) is 0 Å². The summed E-state index contributed by atoms with van der Waals surface area (Å²) in [5.74, 6) is 1.16. The second-order valence-corrected chi connectivity index (χ2v) is 7.42. The molecule has 2 heteroatoms. The van der Waals surface area contributed by atoms with Gasteiger partial charge in [-0.25, -0.2) is 0 Å². The zero-order chi connectivity index (χ0) is 13.3. The topological polar surface area (TPSA) is 12.0 Å². The molecule has 0 fully saturated rings. The first kappa shape index (κ1) is 14.0. The van der Waals surface area contributed by atoms with Crippen LogP contribution in [-0.4, -0.2) is 12.3 Å². The van der Waals surface area contributed by atoms with Crippen LogP contribution in [0, 0.1) is 0 Å². The Morgan fingerprint density at radius 1 is 1.33 bits per heavy atom. The van der Waals surface area contributed by atoms with Gasteiger partial charge in [-0.15, -0.1) is 0 Å². The zero-order valence-electron chi connectivity index (χ0n) is 12.2. The van der Waals surface area contributed by atoms with E-state index in [-0.39, 0.29) is 5.41 Å². The fraction of sp³-hybridized carbons (Fsp3) is 0.625. The van der Waals surface area contributed by atoms with Gasteiger partial charge in [0.15, 0.2) is 0 Å². The molecule has 1 aliphatic heterocycles. The third-order valence-corrected chi connectivity index (χ3v) is 5.40. The van der Waals surface area contributed by atoms with Crippen molar-refractivity contribution in [2.24, 2.45) is 0 Å². The molecule has 1 nitrogen and oxygen atoms in total. The second kappa shape index (κ2) is 5.26. The molecule has 0 spiro atoms. The van der Waals surface area contributed by atoms with Crippen LogP contribution in [0.25, 0.3) is 0 Å². The molecule has 0 aromatic heterocycles. The lowest BCUT2D eigenvalue weighted by Gasteiger charge is -2.34. The average Bonchev–Trinajstić information content (AvgIpc) is 2.35. The quantitative estimate of drug-likeness (QED) is 0.855. The maximum atomic E-state index is 3.52. The van der Waals surface area contributed by atoms with Gasteiger partial charge in [0.1, 0.15) is 0 Å². The minimum absolute atomic E-state index is 0.236. The first-order valence-corrected chi connectivity index (χ1v) is 7.94. The molecule has 0 amide bonds. The van der Waals surface area contributed by atoms with Crippen LogP contribution >= 0.6 is 11.8 Å². The van der Waals surface area contributed by atoms with E-state index in [1.165, 1.54) is 23.1 Å². The molecule has 0 radical (unpaired) electrons. The molecule has 1 aromatic carbocycles. The Hall–Kier alpha value is -0.470. The monoisotopic (exact) mass is 263 g/mol. The standard InChI is InChI=1S/C16H25NS/c1-6-14-15(17-5)13-9-12(16(2,3)4)8-7-11(13)10-18-14/h7-9,14-15,17H,6,10H2,1-5H3. The van der Waals surface area contributed by atoms with E-state index in [9.17, 15) is 0 Å². The number of rotatable bonds is 2. The molecule has 1 aliphatic rings. The maximum Gasteiger partial charge on any atom is 0.0441 e. The van der Waals surface area contributed by atoms with Gasteiger partial charge in [-0.05, 0) is 35.6 Å². The van der Waals surface area contributed by atoms with Gasteiger partial charge in [0, 0.05) is 17.0 Å². The summed E-state index contributed by atoms with van der Waals surface area (Å²) in [6, 6.07) is 7.57. The van der Waals surface area contributed by atoms with Gasteiger partial charge in [-0.1, -0.05) is 45.9 Å². The van der Waals surface area contributed by atoms with Crippen LogP contribution in [-0.2, 0) is 11.2 Å². The molecule has 2 atom stereocenters. The van der Waals surface area contributed by atoms with Gasteiger partial charge in [-0.2, -0.15) is 11.8 Å². The highest BCUT2D eigenvalue weighted by Gasteiger charge is 2.28.